The van der Waals surface area contributed by atoms with E-state index in [1.807, 2.05) is 72.8 Å². The van der Waals surface area contributed by atoms with Gasteiger partial charge in [-0.1, -0.05) is 84.4 Å². The molecule has 2 saturated heterocycles. The lowest BCUT2D eigenvalue weighted by Gasteiger charge is -2.26. The Morgan fingerprint density at radius 1 is 0.882 bits per heavy atom. The molecule has 0 saturated carbocycles. The van der Waals surface area contributed by atoms with Crippen LogP contribution in [-0.2, 0) is 22.5 Å². The van der Waals surface area contributed by atoms with Crippen LogP contribution < -0.4 is 0 Å². The van der Waals surface area contributed by atoms with Gasteiger partial charge in [-0.05, 0) is 35.2 Å². The van der Waals surface area contributed by atoms with Gasteiger partial charge >= 0.3 is 6.09 Å². The van der Waals surface area contributed by atoms with Crippen molar-refractivity contribution in [2.75, 3.05) is 19.7 Å². The summed E-state index contributed by atoms with van der Waals surface area (Å²) >= 11 is 6.13. The molecular formula is C28H27ClN2O3. The second-order valence-electron chi connectivity index (χ2n) is 9.07. The third kappa shape index (κ3) is 4.86. The molecule has 2 heterocycles. The SMILES string of the molecule is O=C1OCC(Cc2ccccc2)N1C(=O)C1CN(Cc2ccccc2)C[C@H]1c1ccc(Cl)cc1. The van der Waals surface area contributed by atoms with Crippen LogP contribution in [0.1, 0.15) is 22.6 Å². The minimum absolute atomic E-state index is 0.0285. The zero-order chi connectivity index (χ0) is 23.5. The van der Waals surface area contributed by atoms with Crippen LogP contribution in [0.4, 0.5) is 4.79 Å². The third-order valence-corrected chi connectivity index (χ3v) is 7.02. The van der Waals surface area contributed by atoms with Crippen molar-refractivity contribution >= 4 is 23.6 Å². The van der Waals surface area contributed by atoms with E-state index >= 15 is 0 Å². The summed E-state index contributed by atoms with van der Waals surface area (Å²) in [7, 11) is 0. The number of hydrogen-bond donors (Lipinski definition) is 0. The maximum Gasteiger partial charge on any atom is 0.416 e. The maximum atomic E-state index is 13.9. The van der Waals surface area contributed by atoms with Gasteiger partial charge in [0.15, 0.2) is 0 Å². The average Bonchev–Trinajstić information content (AvgIpc) is 3.44. The molecule has 3 aromatic carbocycles. The molecule has 3 atom stereocenters. The first kappa shape index (κ1) is 22.6. The Bertz CT molecular complexity index is 1140. The standard InChI is InChI=1S/C28H27ClN2O3/c29-23-13-11-22(12-14-23)25-17-30(16-21-9-5-2-6-10-21)18-26(25)27(32)31-24(19-34-28(31)33)15-20-7-3-1-4-8-20/h1-14,24-26H,15-19H2/t24?,25-,26?/m0/s1. The number of hydrogen-bond acceptors (Lipinski definition) is 4. The Morgan fingerprint density at radius 2 is 1.53 bits per heavy atom. The van der Waals surface area contributed by atoms with Gasteiger partial charge in [0, 0.05) is 30.6 Å². The van der Waals surface area contributed by atoms with E-state index in [-0.39, 0.29) is 30.4 Å². The van der Waals surface area contributed by atoms with Gasteiger partial charge < -0.3 is 4.74 Å². The van der Waals surface area contributed by atoms with Crippen molar-refractivity contribution in [2.24, 2.45) is 5.92 Å². The normalized spacial score (nSPS) is 22.7. The van der Waals surface area contributed by atoms with Crippen LogP contribution in [0.25, 0.3) is 0 Å². The number of carbonyl (C=O) groups is 2. The number of amides is 2. The number of ether oxygens (including phenoxy) is 1. The second-order valence-corrected chi connectivity index (χ2v) is 9.51. The summed E-state index contributed by atoms with van der Waals surface area (Å²) in [6.45, 7) is 2.31. The molecule has 2 aliphatic rings. The van der Waals surface area contributed by atoms with E-state index in [1.165, 1.54) is 10.5 Å². The smallest absolute Gasteiger partial charge is 0.416 e. The monoisotopic (exact) mass is 474 g/mol. The summed E-state index contributed by atoms with van der Waals surface area (Å²) in [5.74, 6) is -0.521. The van der Waals surface area contributed by atoms with Crippen molar-refractivity contribution < 1.29 is 14.3 Å². The zero-order valence-electron chi connectivity index (χ0n) is 18.8. The highest BCUT2D eigenvalue weighted by Gasteiger charge is 2.46. The van der Waals surface area contributed by atoms with E-state index in [0.29, 0.717) is 18.0 Å². The van der Waals surface area contributed by atoms with Crippen molar-refractivity contribution in [1.29, 1.82) is 0 Å². The Hall–Kier alpha value is -3.15. The molecule has 0 N–H and O–H groups in total. The summed E-state index contributed by atoms with van der Waals surface area (Å²) in [5, 5.41) is 0.664. The van der Waals surface area contributed by atoms with Gasteiger partial charge in [0.1, 0.15) is 6.61 Å². The molecule has 0 spiro atoms. The van der Waals surface area contributed by atoms with Gasteiger partial charge in [0.05, 0.1) is 12.0 Å². The summed E-state index contributed by atoms with van der Waals surface area (Å²) in [4.78, 5) is 30.2. The summed E-state index contributed by atoms with van der Waals surface area (Å²) < 4.78 is 5.35. The predicted molar refractivity (Wildman–Crippen MR) is 132 cm³/mol. The van der Waals surface area contributed by atoms with E-state index in [9.17, 15) is 9.59 Å². The molecule has 2 aliphatic heterocycles. The zero-order valence-corrected chi connectivity index (χ0v) is 19.6. The highest BCUT2D eigenvalue weighted by atomic mass is 35.5. The number of cyclic esters (lactones) is 1. The molecule has 34 heavy (non-hydrogen) atoms. The van der Waals surface area contributed by atoms with Crippen molar-refractivity contribution in [2.45, 2.75) is 24.9 Å². The first-order valence-electron chi connectivity index (χ1n) is 11.6. The van der Waals surface area contributed by atoms with Gasteiger partial charge in [-0.2, -0.15) is 0 Å². The molecule has 2 unspecified atom stereocenters. The summed E-state index contributed by atoms with van der Waals surface area (Å²) in [6, 6.07) is 27.6. The number of nitrogens with zero attached hydrogens (tertiary/aromatic N) is 2. The van der Waals surface area contributed by atoms with Crippen LogP contribution in [0.15, 0.2) is 84.9 Å². The fourth-order valence-corrected chi connectivity index (χ4v) is 5.23. The van der Waals surface area contributed by atoms with E-state index in [0.717, 1.165) is 24.2 Å². The van der Waals surface area contributed by atoms with Crippen LogP contribution in [0, 0.1) is 5.92 Å². The number of likely N-dealkylation sites (tertiary alicyclic amines) is 1. The van der Waals surface area contributed by atoms with Crippen molar-refractivity contribution in [3.63, 3.8) is 0 Å². The van der Waals surface area contributed by atoms with E-state index in [1.54, 1.807) is 0 Å². The molecule has 2 amide bonds. The molecule has 5 nitrogen and oxygen atoms in total. The predicted octanol–water partition coefficient (Wildman–Crippen LogP) is 5.15. The minimum Gasteiger partial charge on any atom is -0.447 e. The fraction of sp³-hybridized carbons (Fsp3) is 0.286. The van der Waals surface area contributed by atoms with Crippen LogP contribution in [-0.4, -0.2) is 47.5 Å². The average molecular weight is 475 g/mol. The second kappa shape index (κ2) is 10.00. The lowest BCUT2D eigenvalue weighted by atomic mass is 9.87. The van der Waals surface area contributed by atoms with E-state index < -0.39 is 6.09 Å². The van der Waals surface area contributed by atoms with Gasteiger partial charge in [-0.25, -0.2) is 9.69 Å². The molecule has 0 aromatic heterocycles. The molecule has 0 radical (unpaired) electrons. The van der Waals surface area contributed by atoms with E-state index in [2.05, 4.69) is 17.0 Å². The van der Waals surface area contributed by atoms with Gasteiger partial charge in [0.2, 0.25) is 5.91 Å². The fourth-order valence-electron chi connectivity index (χ4n) is 5.10. The number of imide groups is 1. The van der Waals surface area contributed by atoms with Crippen LogP contribution in [0.3, 0.4) is 0 Å². The third-order valence-electron chi connectivity index (χ3n) is 6.77. The number of benzene rings is 3. The largest absolute Gasteiger partial charge is 0.447 e. The van der Waals surface area contributed by atoms with Gasteiger partial charge in [-0.3, -0.25) is 9.69 Å². The number of rotatable bonds is 6. The Kier molecular flexibility index (Phi) is 6.66. The molecule has 3 aromatic rings. The maximum absolute atomic E-state index is 13.9. The molecule has 5 rings (SSSR count). The molecule has 2 fully saturated rings. The Morgan fingerprint density at radius 3 is 2.21 bits per heavy atom. The first-order valence-corrected chi connectivity index (χ1v) is 12.0. The van der Waals surface area contributed by atoms with E-state index in [4.69, 9.17) is 16.3 Å². The van der Waals surface area contributed by atoms with Crippen LogP contribution in [0.2, 0.25) is 5.02 Å². The molecule has 0 bridgehead atoms. The Labute approximate surface area is 204 Å². The minimum atomic E-state index is -0.540. The van der Waals surface area contributed by atoms with Crippen molar-refractivity contribution in [1.82, 2.24) is 9.80 Å². The van der Waals surface area contributed by atoms with Crippen LogP contribution >= 0.6 is 11.6 Å². The molecule has 6 heteroatoms. The molecule has 174 valence electrons. The summed E-state index contributed by atoms with van der Waals surface area (Å²) in [5.41, 5.74) is 3.34. The lowest BCUT2D eigenvalue weighted by Crippen LogP contribution is -2.45. The highest BCUT2D eigenvalue weighted by Crippen LogP contribution is 2.36. The quantitative estimate of drug-likeness (QED) is 0.496. The van der Waals surface area contributed by atoms with Crippen molar-refractivity contribution in [3.8, 4) is 0 Å². The Balaban J connectivity index is 1.40. The lowest BCUT2D eigenvalue weighted by molar-refractivity contribution is -0.133. The first-order chi connectivity index (χ1) is 16.6. The van der Waals surface area contributed by atoms with Crippen molar-refractivity contribution in [3.05, 3.63) is 107 Å². The summed E-state index contributed by atoms with van der Waals surface area (Å²) in [6.07, 6.45) is 0.0481. The highest BCUT2D eigenvalue weighted by molar-refractivity contribution is 6.30. The number of halogens is 1. The van der Waals surface area contributed by atoms with Crippen LogP contribution in [0.5, 0.6) is 0 Å². The molecule has 0 aliphatic carbocycles. The van der Waals surface area contributed by atoms with Gasteiger partial charge in [-0.15, -0.1) is 0 Å². The topological polar surface area (TPSA) is 49.9 Å². The number of carbonyl (C=O) groups excluding carboxylic acids is 2. The molecular weight excluding hydrogens is 448 g/mol. The van der Waals surface area contributed by atoms with Gasteiger partial charge in [0.25, 0.3) is 0 Å².